The quantitative estimate of drug-likeness (QED) is 0.388. The highest BCUT2D eigenvalue weighted by molar-refractivity contribution is 8.24. The minimum Gasteiger partial charge on any atom is -0.729 e. The van der Waals surface area contributed by atoms with Crippen LogP contribution in [-0.4, -0.2) is 9.21 Å². The minimum atomic E-state index is -4.98. The molecule has 7 heteroatoms. The van der Waals surface area contributed by atoms with Crippen LogP contribution in [-0.2, 0) is 4.57 Å². The Morgan fingerprint density at radius 3 is 2.15 bits per heavy atom. The van der Waals surface area contributed by atoms with Crippen LogP contribution in [0, 0.1) is 0 Å². The molecule has 0 bridgehead atoms. The summed E-state index contributed by atoms with van der Waals surface area (Å²) in [4.78, 5) is 23.9. The minimum absolute atomic E-state index is 0.162. The van der Waals surface area contributed by atoms with E-state index < -0.39 is 12.0 Å². The Morgan fingerprint density at radius 1 is 0.923 bits per heavy atom. The molecule has 4 nitrogen and oxygen atoms in total. The van der Waals surface area contributed by atoms with E-state index in [1.165, 1.54) is 11.8 Å². The zero-order valence-electron chi connectivity index (χ0n) is 13.5. The standard InChI is InChI=1S/C19H14NO3PS2/c21-24(22,23)20(15-10-5-2-6-11-15)18-16(14-8-3-1-4-9-14)12-7-13-17(18)26-19(20)25/h1-13H,(H-,21,22,23). The molecule has 130 valence electrons. The first-order chi connectivity index (χ1) is 12.5. The maximum atomic E-state index is 12.8. The molecule has 2 atom stereocenters. The van der Waals surface area contributed by atoms with E-state index in [4.69, 9.17) is 12.2 Å². The largest absolute Gasteiger partial charge is 0.729 e. The first-order valence-corrected chi connectivity index (χ1v) is 10.6. The van der Waals surface area contributed by atoms with Crippen LogP contribution in [0.15, 0.2) is 83.8 Å². The van der Waals surface area contributed by atoms with Crippen molar-refractivity contribution in [3.05, 3.63) is 78.9 Å². The SMILES string of the molecule is O=P([O-])(O)[N+]1(c2ccccc2)C(=S)Sc2cccc(-c3ccccc3)c21. The summed E-state index contributed by atoms with van der Waals surface area (Å²) in [7, 11) is -4.98. The summed E-state index contributed by atoms with van der Waals surface area (Å²) in [5, 5.41) is 0. The van der Waals surface area contributed by atoms with Gasteiger partial charge in [0.05, 0.1) is 4.90 Å². The third kappa shape index (κ3) is 2.50. The first kappa shape index (κ1) is 17.6. The highest BCUT2D eigenvalue weighted by Gasteiger charge is 2.55. The summed E-state index contributed by atoms with van der Waals surface area (Å²) in [6, 6.07) is 23.7. The molecule has 4 rings (SSSR count). The summed E-state index contributed by atoms with van der Waals surface area (Å²) in [5.41, 5.74) is 2.46. The molecule has 0 aliphatic carbocycles. The lowest BCUT2D eigenvalue weighted by molar-refractivity contribution is -0.201. The molecule has 0 radical (unpaired) electrons. The lowest BCUT2D eigenvalue weighted by Crippen LogP contribution is -2.45. The highest BCUT2D eigenvalue weighted by atomic mass is 32.2. The van der Waals surface area contributed by atoms with Gasteiger partial charge in [-0.3, -0.25) is 0 Å². The molecule has 0 saturated carbocycles. The monoisotopic (exact) mass is 399 g/mol. The Morgan fingerprint density at radius 2 is 1.54 bits per heavy atom. The zero-order chi connectivity index (χ0) is 18.4. The highest BCUT2D eigenvalue weighted by Crippen LogP contribution is 2.66. The molecule has 0 amide bonds. The fraction of sp³-hybridized carbons (Fsp3) is 0. The molecule has 1 N–H and O–H groups in total. The van der Waals surface area contributed by atoms with Crippen LogP contribution in [0.4, 0.5) is 11.4 Å². The summed E-state index contributed by atoms with van der Waals surface area (Å²) < 4.78 is 12.1. The van der Waals surface area contributed by atoms with Crippen molar-refractivity contribution in [3.63, 3.8) is 0 Å². The van der Waals surface area contributed by atoms with Gasteiger partial charge in [0.15, 0.2) is 5.69 Å². The molecule has 0 aromatic heterocycles. The number of thiocarbonyl (C=S) groups is 1. The van der Waals surface area contributed by atoms with Crippen molar-refractivity contribution in [1.82, 2.24) is 4.25 Å². The second kappa shape index (κ2) is 6.43. The number of nitrogens with zero attached hydrogens (tertiary/aromatic N) is 1. The third-order valence-corrected chi connectivity index (χ3v) is 7.56. The molecular formula is C19H14NO3PS2. The lowest BCUT2D eigenvalue weighted by atomic mass is 10.0. The maximum absolute atomic E-state index is 12.8. The van der Waals surface area contributed by atoms with Gasteiger partial charge in [0, 0.05) is 17.7 Å². The molecule has 0 spiro atoms. The van der Waals surface area contributed by atoms with Gasteiger partial charge in [-0.1, -0.05) is 54.6 Å². The summed E-state index contributed by atoms with van der Waals surface area (Å²) in [6.45, 7) is 0. The number of thioether (sulfide) groups is 1. The van der Waals surface area contributed by atoms with Gasteiger partial charge in [0.1, 0.15) is 5.69 Å². The van der Waals surface area contributed by atoms with Crippen molar-refractivity contribution in [3.8, 4) is 11.1 Å². The summed E-state index contributed by atoms with van der Waals surface area (Å²) in [5.74, 6) is 0. The van der Waals surface area contributed by atoms with Crippen molar-refractivity contribution in [2.45, 2.75) is 4.90 Å². The van der Waals surface area contributed by atoms with E-state index in [2.05, 4.69) is 0 Å². The third-order valence-electron chi connectivity index (χ3n) is 4.38. The van der Waals surface area contributed by atoms with Crippen LogP contribution in [0.2, 0.25) is 0 Å². The summed E-state index contributed by atoms with van der Waals surface area (Å²) >= 11 is 6.70. The predicted octanol–water partition coefficient (Wildman–Crippen LogP) is 4.84. The molecule has 1 aliphatic heterocycles. The average molecular weight is 399 g/mol. The van der Waals surface area contributed by atoms with Gasteiger partial charge in [0.2, 0.25) is 0 Å². The topological polar surface area (TPSA) is 60.4 Å². The molecule has 2 unspecified atom stereocenters. The van der Waals surface area contributed by atoms with Gasteiger partial charge in [0.25, 0.3) is 4.32 Å². The van der Waals surface area contributed by atoms with Crippen molar-refractivity contribution < 1.29 is 14.4 Å². The maximum Gasteiger partial charge on any atom is 0.342 e. The molecule has 3 aromatic carbocycles. The van der Waals surface area contributed by atoms with Crippen LogP contribution in [0.3, 0.4) is 0 Å². The van der Waals surface area contributed by atoms with Gasteiger partial charge >= 0.3 is 7.75 Å². The van der Waals surface area contributed by atoms with Crippen molar-refractivity contribution >= 4 is 47.4 Å². The number of quaternary nitrogens is 1. The number of rotatable bonds is 3. The number of benzene rings is 3. The number of hydrogen-bond donors (Lipinski definition) is 1. The zero-order valence-corrected chi connectivity index (χ0v) is 16.0. The Bertz CT molecular complexity index is 1040. The molecule has 26 heavy (non-hydrogen) atoms. The summed E-state index contributed by atoms with van der Waals surface area (Å²) in [6.07, 6.45) is 0. The fourth-order valence-electron chi connectivity index (χ4n) is 3.29. The molecule has 3 aromatic rings. The van der Waals surface area contributed by atoms with Gasteiger partial charge in [-0.05, 0) is 41.7 Å². The van der Waals surface area contributed by atoms with E-state index >= 15 is 0 Å². The van der Waals surface area contributed by atoms with Crippen LogP contribution in [0.5, 0.6) is 0 Å². The van der Waals surface area contributed by atoms with Crippen molar-refractivity contribution in [1.29, 1.82) is 0 Å². The van der Waals surface area contributed by atoms with Crippen LogP contribution in [0.25, 0.3) is 11.1 Å². The van der Waals surface area contributed by atoms with E-state index in [1.54, 1.807) is 30.3 Å². The van der Waals surface area contributed by atoms with Gasteiger partial charge in [-0.15, -0.1) is 0 Å². The van der Waals surface area contributed by atoms with E-state index in [0.29, 0.717) is 11.4 Å². The van der Waals surface area contributed by atoms with Gasteiger partial charge in [-0.2, -0.15) is 4.25 Å². The lowest BCUT2D eigenvalue weighted by Gasteiger charge is -2.39. The number of fused-ring (bicyclic) bond motifs is 1. The van der Waals surface area contributed by atoms with Gasteiger partial charge in [-0.25, -0.2) is 4.57 Å². The Hall–Kier alpha value is -1.79. The molecular weight excluding hydrogens is 385 g/mol. The predicted molar refractivity (Wildman–Crippen MR) is 108 cm³/mol. The van der Waals surface area contributed by atoms with E-state index in [1.807, 2.05) is 48.5 Å². The smallest absolute Gasteiger partial charge is 0.342 e. The van der Waals surface area contributed by atoms with E-state index in [9.17, 15) is 14.4 Å². The normalized spacial score (nSPS) is 21.2. The average Bonchev–Trinajstić information content (AvgIpc) is 2.95. The molecule has 1 aliphatic rings. The molecule has 0 saturated heterocycles. The fourth-order valence-corrected chi connectivity index (χ4v) is 6.68. The molecule has 0 fully saturated rings. The van der Waals surface area contributed by atoms with E-state index in [-0.39, 0.29) is 4.32 Å². The van der Waals surface area contributed by atoms with Crippen molar-refractivity contribution in [2.75, 3.05) is 0 Å². The second-order valence-corrected chi connectivity index (χ2v) is 9.10. The number of para-hydroxylation sites is 2. The van der Waals surface area contributed by atoms with Gasteiger partial charge < -0.3 is 9.79 Å². The molecule has 1 heterocycles. The van der Waals surface area contributed by atoms with Crippen LogP contribution in [0.1, 0.15) is 0 Å². The number of hydrogen-bond acceptors (Lipinski definition) is 4. The second-order valence-electron chi connectivity index (χ2n) is 5.85. The Labute approximate surface area is 160 Å². The van der Waals surface area contributed by atoms with Crippen LogP contribution >= 0.6 is 31.7 Å². The Balaban J connectivity index is 2.13. The van der Waals surface area contributed by atoms with Crippen molar-refractivity contribution in [2.24, 2.45) is 0 Å². The van der Waals surface area contributed by atoms with E-state index in [0.717, 1.165) is 16.0 Å². The Kier molecular flexibility index (Phi) is 4.35. The first-order valence-electron chi connectivity index (χ1n) is 7.86. The van der Waals surface area contributed by atoms with Crippen LogP contribution < -0.4 is 9.15 Å².